The second kappa shape index (κ2) is 5.03. The summed E-state index contributed by atoms with van der Waals surface area (Å²) in [4.78, 5) is 12.6. The first kappa shape index (κ1) is 15.3. The SMILES string of the molecule is C=CCN1CC(O)(C(F)(F)F)c2cc(F)ccc2NC1=O. The van der Waals surface area contributed by atoms with Crippen LogP contribution in [0.15, 0.2) is 30.9 Å². The number of nitrogens with one attached hydrogen (secondary N) is 1. The fourth-order valence-electron chi connectivity index (χ4n) is 2.14. The second-order valence-electron chi connectivity index (χ2n) is 4.65. The van der Waals surface area contributed by atoms with Crippen molar-refractivity contribution in [1.82, 2.24) is 4.90 Å². The number of carbonyl (C=O) groups excluding carboxylic acids is 1. The van der Waals surface area contributed by atoms with Gasteiger partial charge in [0, 0.05) is 17.8 Å². The highest BCUT2D eigenvalue weighted by Crippen LogP contribution is 2.44. The summed E-state index contributed by atoms with van der Waals surface area (Å²) in [5.74, 6) is -0.942. The molecule has 0 radical (unpaired) electrons. The van der Waals surface area contributed by atoms with Gasteiger partial charge in [0.15, 0.2) is 0 Å². The molecule has 0 aromatic heterocycles. The van der Waals surface area contributed by atoms with Crippen molar-refractivity contribution in [1.29, 1.82) is 0 Å². The van der Waals surface area contributed by atoms with Crippen LogP contribution in [0, 0.1) is 5.82 Å². The van der Waals surface area contributed by atoms with E-state index in [2.05, 4.69) is 11.9 Å². The summed E-state index contributed by atoms with van der Waals surface area (Å²) in [5.41, 5.74) is -4.38. The molecule has 0 saturated carbocycles. The van der Waals surface area contributed by atoms with Gasteiger partial charge < -0.3 is 15.3 Å². The van der Waals surface area contributed by atoms with Crippen molar-refractivity contribution in [2.75, 3.05) is 18.4 Å². The summed E-state index contributed by atoms with van der Waals surface area (Å²) >= 11 is 0. The third-order valence-electron chi connectivity index (χ3n) is 3.19. The van der Waals surface area contributed by atoms with Crippen LogP contribution in [0.1, 0.15) is 5.56 Å². The first-order valence-electron chi connectivity index (χ1n) is 5.95. The van der Waals surface area contributed by atoms with Gasteiger partial charge in [0.2, 0.25) is 5.60 Å². The van der Waals surface area contributed by atoms with E-state index in [0.29, 0.717) is 6.07 Å². The summed E-state index contributed by atoms with van der Waals surface area (Å²) < 4.78 is 53.2. The van der Waals surface area contributed by atoms with Crippen molar-refractivity contribution in [3.8, 4) is 0 Å². The van der Waals surface area contributed by atoms with Gasteiger partial charge in [0.25, 0.3) is 0 Å². The molecule has 0 saturated heterocycles. The fourth-order valence-corrected chi connectivity index (χ4v) is 2.14. The third kappa shape index (κ3) is 2.58. The van der Waals surface area contributed by atoms with E-state index in [1.807, 2.05) is 0 Å². The van der Waals surface area contributed by atoms with Crippen LogP contribution in [-0.4, -0.2) is 35.3 Å². The number of fused-ring (bicyclic) bond motifs is 1. The van der Waals surface area contributed by atoms with Crippen LogP contribution >= 0.6 is 0 Å². The van der Waals surface area contributed by atoms with Gasteiger partial charge in [-0.15, -0.1) is 6.58 Å². The topological polar surface area (TPSA) is 52.6 Å². The Kier molecular flexibility index (Phi) is 3.66. The van der Waals surface area contributed by atoms with E-state index in [1.54, 1.807) is 0 Å². The van der Waals surface area contributed by atoms with Crippen LogP contribution in [0.25, 0.3) is 0 Å². The maximum Gasteiger partial charge on any atom is 0.423 e. The zero-order valence-electron chi connectivity index (χ0n) is 10.7. The van der Waals surface area contributed by atoms with Crippen LogP contribution in [0.2, 0.25) is 0 Å². The van der Waals surface area contributed by atoms with Gasteiger partial charge in [-0.05, 0) is 18.2 Å². The van der Waals surface area contributed by atoms with Gasteiger partial charge in [-0.1, -0.05) is 6.08 Å². The maximum absolute atomic E-state index is 13.3. The lowest BCUT2D eigenvalue weighted by Crippen LogP contribution is -2.51. The summed E-state index contributed by atoms with van der Waals surface area (Å²) in [6, 6.07) is 1.62. The Hall–Kier alpha value is -2.09. The highest BCUT2D eigenvalue weighted by molar-refractivity contribution is 5.91. The molecule has 0 spiro atoms. The Morgan fingerprint density at radius 1 is 1.48 bits per heavy atom. The molecule has 114 valence electrons. The average molecular weight is 304 g/mol. The lowest BCUT2D eigenvalue weighted by molar-refractivity contribution is -0.268. The molecule has 0 aliphatic carbocycles. The minimum atomic E-state index is -5.08. The number of alkyl halides is 3. The van der Waals surface area contributed by atoms with E-state index >= 15 is 0 Å². The minimum Gasteiger partial charge on any atom is -0.375 e. The molecule has 1 unspecified atom stereocenters. The Labute approximate surface area is 117 Å². The number of hydrogen-bond acceptors (Lipinski definition) is 2. The molecule has 1 aromatic rings. The molecule has 0 bridgehead atoms. The van der Waals surface area contributed by atoms with Crippen LogP contribution in [0.4, 0.5) is 28.0 Å². The van der Waals surface area contributed by atoms with E-state index < -0.39 is 35.7 Å². The third-order valence-corrected chi connectivity index (χ3v) is 3.19. The smallest absolute Gasteiger partial charge is 0.375 e. The standard InChI is InChI=1S/C13H12F4N2O2/c1-2-5-19-7-12(21,13(15,16)17)9-6-8(14)3-4-10(9)18-11(19)20/h2-4,6,21H,1,5,7H2,(H,18,20). The number of halogens is 4. The van der Waals surface area contributed by atoms with Crippen molar-refractivity contribution in [2.24, 2.45) is 0 Å². The number of benzene rings is 1. The zero-order chi connectivity index (χ0) is 15.8. The Morgan fingerprint density at radius 3 is 2.71 bits per heavy atom. The molecule has 21 heavy (non-hydrogen) atoms. The molecule has 2 N–H and O–H groups in total. The maximum atomic E-state index is 13.3. The lowest BCUT2D eigenvalue weighted by Gasteiger charge is -2.33. The Balaban J connectivity index is 2.63. The number of urea groups is 1. The lowest BCUT2D eigenvalue weighted by atomic mass is 9.91. The highest BCUT2D eigenvalue weighted by atomic mass is 19.4. The van der Waals surface area contributed by atoms with Crippen LogP contribution in [-0.2, 0) is 5.60 Å². The first-order chi connectivity index (χ1) is 9.69. The van der Waals surface area contributed by atoms with E-state index in [-0.39, 0.29) is 12.2 Å². The molecule has 1 aromatic carbocycles. The van der Waals surface area contributed by atoms with E-state index in [4.69, 9.17) is 0 Å². The molecule has 1 aliphatic heterocycles. The number of carbonyl (C=O) groups is 1. The summed E-state index contributed by atoms with van der Waals surface area (Å²) in [6.45, 7) is 2.10. The zero-order valence-corrected chi connectivity index (χ0v) is 10.7. The molecule has 8 heteroatoms. The molecule has 0 fully saturated rings. The first-order valence-corrected chi connectivity index (χ1v) is 5.95. The van der Waals surface area contributed by atoms with E-state index in [0.717, 1.165) is 17.0 Å². The Morgan fingerprint density at radius 2 is 2.14 bits per heavy atom. The normalized spacial score (nSPS) is 22.3. The second-order valence-corrected chi connectivity index (χ2v) is 4.65. The van der Waals surface area contributed by atoms with Crippen LogP contribution in [0.3, 0.4) is 0 Å². The van der Waals surface area contributed by atoms with Crippen LogP contribution < -0.4 is 5.32 Å². The van der Waals surface area contributed by atoms with Gasteiger partial charge in [-0.3, -0.25) is 0 Å². The van der Waals surface area contributed by atoms with Crippen molar-refractivity contribution in [3.05, 3.63) is 42.2 Å². The van der Waals surface area contributed by atoms with Crippen molar-refractivity contribution in [3.63, 3.8) is 0 Å². The van der Waals surface area contributed by atoms with Gasteiger partial charge in [0.05, 0.1) is 6.54 Å². The highest BCUT2D eigenvalue weighted by Gasteiger charge is 2.58. The monoisotopic (exact) mass is 304 g/mol. The molecule has 1 aliphatic rings. The number of nitrogens with zero attached hydrogens (tertiary/aromatic N) is 1. The Bertz CT molecular complexity index is 588. The predicted molar refractivity (Wildman–Crippen MR) is 67.1 cm³/mol. The quantitative estimate of drug-likeness (QED) is 0.652. The van der Waals surface area contributed by atoms with Gasteiger partial charge in [0.1, 0.15) is 5.82 Å². The van der Waals surface area contributed by atoms with Gasteiger partial charge in [-0.25, -0.2) is 9.18 Å². The number of β-amino-alcohol motifs (C(OH)–C–C–N with tert-alkyl or cyclic N) is 1. The van der Waals surface area contributed by atoms with E-state index in [1.165, 1.54) is 6.08 Å². The van der Waals surface area contributed by atoms with Crippen molar-refractivity contribution in [2.45, 2.75) is 11.8 Å². The number of anilines is 1. The van der Waals surface area contributed by atoms with Crippen LogP contribution in [0.5, 0.6) is 0 Å². The van der Waals surface area contributed by atoms with Gasteiger partial charge in [-0.2, -0.15) is 13.2 Å². The van der Waals surface area contributed by atoms with E-state index in [9.17, 15) is 27.5 Å². The molecule has 2 rings (SSSR count). The summed E-state index contributed by atoms with van der Waals surface area (Å²) in [7, 11) is 0. The largest absolute Gasteiger partial charge is 0.423 e. The summed E-state index contributed by atoms with van der Waals surface area (Å²) in [5, 5.41) is 12.3. The average Bonchev–Trinajstić information content (AvgIpc) is 2.48. The molecule has 4 nitrogen and oxygen atoms in total. The van der Waals surface area contributed by atoms with Crippen molar-refractivity contribution >= 4 is 11.7 Å². The molecule has 1 atom stereocenters. The molecular weight excluding hydrogens is 292 g/mol. The molecular formula is C13H12F4N2O2. The fraction of sp³-hybridized carbons (Fsp3) is 0.308. The summed E-state index contributed by atoms with van der Waals surface area (Å²) in [6.07, 6.45) is -3.85. The number of amides is 2. The number of aliphatic hydroxyl groups is 1. The minimum absolute atomic E-state index is 0.194. The molecule has 1 heterocycles. The molecule has 2 amide bonds. The van der Waals surface area contributed by atoms with Gasteiger partial charge >= 0.3 is 12.2 Å². The predicted octanol–water partition coefficient (Wildman–Crippen LogP) is 2.61. The van der Waals surface area contributed by atoms with Crippen molar-refractivity contribution < 1.29 is 27.5 Å². The number of rotatable bonds is 2. The number of hydrogen-bond donors (Lipinski definition) is 2.